The smallest absolute Gasteiger partial charge is 0.412 e. The number of aromatic nitrogens is 1. The SMILES string of the molecule is COc1cnc(C#CCCS(C)(=O)=O)cc1NC(=O)OC(C)(C)C. The van der Waals surface area contributed by atoms with E-state index < -0.39 is 21.5 Å². The Hall–Kier alpha value is -2.27. The zero-order chi connectivity index (χ0) is 18.4. The molecule has 1 heterocycles. The van der Waals surface area contributed by atoms with Crippen molar-refractivity contribution in [1.82, 2.24) is 4.98 Å². The molecule has 0 fully saturated rings. The van der Waals surface area contributed by atoms with Crippen LogP contribution in [0.25, 0.3) is 0 Å². The molecule has 0 bridgehead atoms. The second-order valence-electron chi connectivity index (χ2n) is 6.08. The van der Waals surface area contributed by atoms with Gasteiger partial charge >= 0.3 is 6.09 Å². The number of rotatable bonds is 4. The van der Waals surface area contributed by atoms with Crippen LogP contribution in [-0.2, 0) is 14.6 Å². The van der Waals surface area contributed by atoms with E-state index in [1.54, 1.807) is 20.8 Å². The number of carbonyl (C=O) groups is 1. The molecular weight excluding hydrogens is 332 g/mol. The molecule has 0 aliphatic carbocycles. The van der Waals surface area contributed by atoms with Gasteiger partial charge < -0.3 is 9.47 Å². The van der Waals surface area contributed by atoms with E-state index in [0.717, 1.165) is 6.26 Å². The van der Waals surface area contributed by atoms with Crippen LogP contribution in [0.3, 0.4) is 0 Å². The number of amides is 1. The predicted molar refractivity (Wildman–Crippen MR) is 91.9 cm³/mol. The summed E-state index contributed by atoms with van der Waals surface area (Å²) in [7, 11) is -1.59. The maximum Gasteiger partial charge on any atom is 0.412 e. The van der Waals surface area contributed by atoms with Crippen molar-refractivity contribution in [2.45, 2.75) is 32.8 Å². The molecule has 24 heavy (non-hydrogen) atoms. The summed E-state index contributed by atoms with van der Waals surface area (Å²) >= 11 is 0. The third-order valence-electron chi connectivity index (χ3n) is 2.54. The molecule has 0 spiro atoms. The molecule has 1 rings (SSSR count). The Kier molecular flexibility index (Phi) is 6.60. The number of methoxy groups -OCH3 is 1. The molecular formula is C16H22N2O5S. The van der Waals surface area contributed by atoms with Gasteiger partial charge in [-0.25, -0.2) is 18.2 Å². The lowest BCUT2D eigenvalue weighted by Gasteiger charge is -2.20. The highest BCUT2D eigenvalue weighted by molar-refractivity contribution is 7.90. The van der Waals surface area contributed by atoms with Crippen LogP contribution in [0, 0.1) is 11.8 Å². The molecule has 0 unspecified atom stereocenters. The average molecular weight is 354 g/mol. The zero-order valence-corrected chi connectivity index (χ0v) is 15.3. The van der Waals surface area contributed by atoms with Crippen LogP contribution in [0.1, 0.15) is 32.9 Å². The number of nitrogens with one attached hydrogen (secondary N) is 1. The fourth-order valence-corrected chi connectivity index (χ4v) is 2.05. The van der Waals surface area contributed by atoms with Crippen molar-refractivity contribution in [3.05, 3.63) is 18.0 Å². The Bertz CT molecular complexity index is 755. The molecule has 1 N–H and O–H groups in total. The Morgan fingerprint density at radius 1 is 1.38 bits per heavy atom. The minimum absolute atomic E-state index is 0.0147. The van der Waals surface area contributed by atoms with Gasteiger partial charge in [0.2, 0.25) is 0 Å². The molecule has 0 atom stereocenters. The standard InChI is InChI=1S/C16H22N2O5S/c1-16(2,3)23-15(19)18-13-10-12(17-11-14(13)22-4)8-6-7-9-24(5,20)21/h10-11H,7,9H2,1-5H3,(H,17,18,19). The summed E-state index contributed by atoms with van der Waals surface area (Å²) in [6, 6.07) is 1.54. The first-order chi connectivity index (χ1) is 11.0. The van der Waals surface area contributed by atoms with E-state index in [9.17, 15) is 13.2 Å². The maximum atomic E-state index is 11.9. The van der Waals surface area contributed by atoms with Crippen molar-refractivity contribution < 1.29 is 22.7 Å². The molecule has 7 nitrogen and oxygen atoms in total. The van der Waals surface area contributed by atoms with Crippen molar-refractivity contribution in [1.29, 1.82) is 0 Å². The monoisotopic (exact) mass is 354 g/mol. The molecule has 0 aliphatic rings. The lowest BCUT2D eigenvalue weighted by molar-refractivity contribution is 0.0635. The summed E-state index contributed by atoms with van der Waals surface area (Å²) < 4.78 is 32.4. The first-order valence-corrected chi connectivity index (χ1v) is 9.27. The summed E-state index contributed by atoms with van der Waals surface area (Å²) in [4.78, 5) is 16.0. The molecule has 1 amide bonds. The van der Waals surface area contributed by atoms with Crippen molar-refractivity contribution >= 4 is 21.6 Å². The first kappa shape index (κ1) is 19.8. The Morgan fingerprint density at radius 3 is 2.58 bits per heavy atom. The van der Waals surface area contributed by atoms with E-state index in [4.69, 9.17) is 9.47 Å². The molecule has 8 heteroatoms. The van der Waals surface area contributed by atoms with Gasteiger partial charge in [-0.05, 0) is 32.8 Å². The van der Waals surface area contributed by atoms with Gasteiger partial charge in [-0.1, -0.05) is 5.92 Å². The number of pyridine rings is 1. The van der Waals surface area contributed by atoms with Crippen molar-refractivity contribution in [2.75, 3.05) is 24.4 Å². The average Bonchev–Trinajstić information content (AvgIpc) is 2.40. The van der Waals surface area contributed by atoms with E-state index in [2.05, 4.69) is 22.1 Å². The number of carbonyl (C=O) groups excluding carboxylic acids is 1. The number of sulfone groups is 1. The largest absolute Gasteiger partial charge is 0.493 e. The van der Waals surface area contributed by atoms with Crippen LogP contribution in [0.2, 0.25) is 0 Å². The molecule has 1 aromatic heterocycles. The minimum atomic E-state index is -3.05. The highest BCUT2D eigenvalue weighted by Gasteiger charge is 2.17. The number of nitrogens with zero attached hydrogens (tertiary/aromatic N) is 1. The first-order valence-electron chi connectivity index (χ1n) is 7.21. The highest BCUT2D eigenvalue weighted by atomic mass is 32.2. The van der Waals surface area contributed by atoms with E-state index in [1.807, 2.05) is 0 Å². The fourth-order valence-electron chi connectivity index (χ4n) is 1.57. The summed E-state index contributed by atoms with van der Waals surface area (Å²) in [6.07, 6.45) is 2.17. The third kappa shape index (κ3) is 7.83. The molecule has 1 aromatic rings. The summed E-state index contributed by atoms with van der Waals surface area (Å²) in [5.41, 5.74) is 0.128. The normalized spacial score (nSPS) is 11.2. The molecule has 132 valence electrons. The van der Waals surface area contributed by atoms with Gasteiger partial charge in [0.25, 0.3) is 0 Å². The van der Waals surface area contributed by atoms with Crippen LogP contribution in [0.4, 0.5) is 10.5 Å². The molecule has 0 saturated heterocycles. The van der Waals surface area contributed by atoms with E-state index in [1.165, 1.54) is 19.4 Å². The second kappa shape index (κ2) is 8.02. The van der Waals surface area contributed by atoms with E-state index in [-0.39, 0.29) is 12.2 Å². The van der Waals surface area contributed by atoms with Crippen LogP contribution < -0.4 is 10.1 Å². The van der Waals surface area contributed by atoms with Crippen molar-refractivity contribution in [3.63, 3.8) is 0 Å². The highest BCUT2D eigenvalue weighted by Crippen LogP contribution is 2.24. The summed E-state index contributed by atoms with van der Waals surface area (Å²) in [5, 5.41) is 2.58. The number of ether oxygens (including phenoxy) is 2. The van der Waals surface area contributed by atoms with Crippen LogP contribution in [0.5, 0.6) is 5.75 Å². The number of hydrogen-bond acceptors (Lipinski definition) is 6. The Labute approximate surface area is 142 Å². The van der Waals surface area contributed by atoms with Crippen LogP contribution in [-0.4, -0.2) is 44.2 Å². The van der Waals surface area contributed by atoms with Gasteiger partial charge in [0.05, 0.1) is 24.7 Å². The Morgan fingerprint density at radius 2 is 2.04 bits per heavy atom. The lowest BCUT2D eigenvalue weighted by Crippen LogP contribution is -2.27. The van der Waals surface area contributed by atoms with Gasteiger partial charge in [0.15, 0.2) is 5.75 Å². The third-order valence-corrected chi connectivity index (χ3v) is 3.48. The van der Waals surface area contributed by atoms with Gasteiger partial charge in [-0.3, -0.25) is 5.32 Å². The van der Waals surface area contributed by atoms with E-state index >= 15 is 0 Å². The van der Waals surface area contributed by atoms with Gasteiger partial charge in [-0.2, -0.15) is 0 Å². The summed E-state index contributed by atoms with van der Waals surface area (Å²) in [5.74, 6) is 5.84. The fraction of sp³-hybridized carbons (Fsp3) is 0.500. The van der Waals surface area contributed by atoms with E-state index in [0.29, 0.717) is 17.1 Å². The zero-order valence-electron chi connectivity index (χ0n) is 14.5. The topological polar surface area (TPSA) is 94.6 Å². The Balaban J connectivity index is 2.88. The van der Waals surface area contributed by atoms with Crippen molar-refractivity contribution in [3.8, 4) is 17.6 Å². The van der Waals surface area contributed by atoms with Crippen molar-refractivity contribution in [2.24, 2.45) is 0 Å². The van der Waals surface area contributed by atoms with Gasteiger partial charge in [0, 0.05) is 12.7 Å². The van der Waals surface area contributed by atoms with Crippen LogP contribution in [0.15, 0.2) is 12.3 Å². The molecule has 0 aromatic carbocycles. The quantitative estimate of drug-likeness (QED) is 0.833. The lowest BCUT2D eigenvalue weighted by atomic mass is 10.2. The molecule has 0 radical (unpaired) electrons. The molecule has 0 saturated carbocycles. The van der Waals surface area contributed by atoms with Gasteiger partial charge in [-0.15, -0.1) is 0 Å². The number of anilines is 1. The molecule has 0 aliphatic heterocycles. The maximum absolute atomic E-state index is 11.9. The second-order valence-corrected chi connectivity index (χ2v) is 8.34. The number of hydrogen-bond donors (Lipinski definition) is 1. The minimum Gasteiger partial charge on any atom is -0.493 e. The predicted octanol–water partition coefficient (Wildman–Crippen LogP) is 2.22. The summed E-state index contributed by atoms with van der Waals surface area (Å²) in [6.45, 7) is 5.28. The van der Waals surface area contributed by atoms with Gasteiger partial charge in [0.1, 0.15) is 21.1 Å². The van der Waals surface area contributed by atoms with Crippen LogP contribution >= 0.6 is 0 Å².